The van der Waals surface area contributed by atoms with Gasteiger partial charge in [-0.1, -0.05) is 31.5 Å². The Bertz CT molecular complexity index is 532. The molecule has 0 fully saturated rings. The molecule has 0 unspecified atom stereocenters. The number of aromatic hydroxyl groups is 1. The third-order valence-electron chi connectivity index (χ3n) is 2.80. The van der Waals surface area contributed by atoms with Crippen molar-refractivity contribution in [2.75, 3.05) is 0 Å². The lowest BCUT2D eigenvalue weighted by molar-refractivity contribution is 0.449. The standard InChI is InChI=1S/C16H18O2/c1-3-5-13-8-9-15(11-16(13)17)18-14-7-4-6-12(2)10-14/h4,6-11,17H,3,5H2,1-2H3. The molecular formula is C16H18O2. The fourth-order valence-corrected chi connectivity index (χ4v) is 1.90. The highest BCUT2D eigenvalue weighted by Crippen LogP contribution is 2.28. The van der Waals surface area contributed by atoms with Crippen LogP contribution in [0.2, 0.25) is 0 Å². The van der Waals surface area contributed by atoms with Crippen LogP contribution in [-0.4, -0.2) is 5.11 Å². The van der Waals surface area contributed by atoms with Gasteiger partial charge in [-0.2, -0.15) is 0 Å². The minimum atomic E-state index is 0.307. The lowest BCUT2D eigenvalue weighted by atomic mass is 10.1. The highest BCUT2D eigenvalue weighted by atomic mass is 16.5. The molecule has 0 radical (unpaired) electrons. The van der Waals surface area contributed by atoms with Crippen molar-refractivity contribution in [1.29, 1.82) is 0 Å². The summed E-state index contributed by atoms with van der Waals surface area (Å²) < 4.78 is 5.71. The minimum Gasteiger partial charge on any atom is -0.508 e. The number of aryl methyl sites for hydroxylation is 2. The molecule has 0 saturated carbocycles. The summed E-state index contributed by atoms with van der Waals surface area (Å²) in [5.41, 5.74) is 2.12. The van der Waals surface area contributed by atoms with Gasteiger partial charge in [0.25, 0.3) is 0 Å². The largest absolute Gasteiger partial charge is 0.508 e. The Morgan fingerprint density at radius 2 is 1.83 bits per heavy atom. The molecule has 0 amide bonds. The summed E-state index contributed by atoms with van der Waals surface area (Å²) in [4.78, 5) is 0. The van der Waals surface area contributed by atoms with Gasteiger partial charge in [-0.25, -0.2) is 0 Å². The van der Waals surface area contributed by atoms with Crippen molar-refractivity contribution in [2.45, 2.75) is 26.7 Å². The predicted molar refractivity (Wildman–Crippen MR) is 73.4 cm³/mol. The van der Waals surface area contributed by atoms with Gasteiger partial charge in [0.05, 0.1) is 0 Å². The fraction of sp³-hybridized carbons (Fsp3) is 0.250. The highest BCUT2D eigenvalue weighted by molar-refractivity contribution is 5.42. The Morgan fingerprint density at radius 1 is 1.06 bits per heavy atom. The van der Waals surface area contributed by atoms with Crippen molar-refractivity contribution in [1.82, 2.24) is 0 Å². The first-order chi connectivity index (χ1) is 8.69. The summed E-state index contributed by atoms with van der Waals surface area (Å²) >= 11 is 0. The summed E-state index contributed by atoms with van der Waals surface area (Å²) in [5.74, 6) is 1.76. The molecule has 0 heterocycles. The molecule has 0 spiro atoms. The monoisotopic (exact) mass is 242 g/mol. The third-order valence-corrected chi connectivity index (χ3v) is 2.80. The Balaban J connectivity index is 2.17. The molecule has 0 aliphatic rings. The van der Waals surface area contributed by atoms with Gasteiger partial charge in [-0.15, -0.1) is 0 Å². The molecule has 2 aromatic carbocycles. The molecule has 2 heteroatoms. The minimum absolute atomic E-state index is 0.307. The van der Waals surface area contributed by atoms with Gasteiger partial charge >= 0.3 is 0 Å². The molecule has 0 saturated heterocycles. The Labute approximate surface area is 108 Å². The molecule has 0 aliphatic carbocycles. The average Bonchev–Trinajstić information content (AvgIpc) is 2.33. The molecule has 2 nitrogen and oxygen atoms in total. The quantitative estimate of drug-likeness (QED) is 0.858. The van der Waals surface area contributed by atoms with E-state index in [4.69, 9.17) is 4.74 Å². The summed E-state index contributed by atoms with van der Waals surface area (Å²) in [5, 5.41) is 9.88. The van der Waals surface area contributed by atoms with Crippen LogP contribution in [0, 0.1) is 6.92 Å². The van der Waals surface area contributed by atoms with E-state index >= 15 is 0 Å². The number of phenolic OH excluding ortho intramolecular Hbond substituents is 1. The molecule has 18 heavy (non-hydrogen) atoms. The maximum atomic E-state index is 9.88. The van der Waals surface area contributed by atoms with Crippen LogP contribution < -0.4 is 4.74 Å². The second-order valence-electron chi connectivity index (χ2n) is 4.46. The van der Waals surface area contributed by atoms with Crippen molar-refractivity contribution in [2.24, 2.45) is 0 Å². The van der Waals surface area contributed by atoms with Gasteiger partial charge in [0.2, 0.25) is 0 Å². The molecule has 1 N–H and O–H groups in total. The molecule has 0 bridgehead atoms. The Hall–Kier alpha value is -1.96. The SMILES string of the molecule is CCCc1ccc(Oc2cccc(C)c2)cc1O. The van der Waals surface area contributed by atoms with Gasteiger partial charge in [0, 0.05) is 6.07 Å². The number of phenols is 1. The lowest BCUT2D eigenvalue weighted by Gasteiger charge is -2.09. The van der Waals surface area contributed by atoms with Gasteiger partial charge in [0.1, 0.15) is 17.2 Å². The molecule has 2 aromatic rings. The van der Waals surface area contributed by atoms with Crippen molar-refractivity contribution >= 4 is 0 Å². The first-order valence-electron chi connectivity index (χ1n) is 6.25. The number of hydrogen-bond acceptors (Lipinski definition) is 2. The molecule has 0 aliphatic heterocycles. The predicted octanol–water partition coefficient (Wildman–Crippen LogP) is 4.45. The van der Waals surface area contributed by atoms with E-state index < -0.39 is 0 Å². The van der Waals surface area contributed by atoms with Crippen LogP contribution in [0.3, 0.4) is 0 Å². The zero-order valence-corrected chi connectivity index (χ0v) is 10.8. The molecule has 2 rings (SSSR count). The van der Waals surface area contributed by atoms with Crippen LogP contribution in [0.5, 0.6) is 17.2 Å². The zero-order chi connectivity index (χ0) is 13.0. The second kappa shape index (κ2) is 5.58. The van der Waals surface area contributed by atoms with E-state index in [0.29, 0.717) is 11.5 Å². The van der Waals surface area contributed by atoms with Crippen molar-refractivity contribution in [3.05, 3.63) is 53.6 Å². The topological polar surface area (TPSA) is 29.5 Å². The molecule has 0 aromatic heterocycles. The highest BCUT2D eigenvalue weighted by Gasteiger charge is 2.03. The van der Waals surface area contributed by atoms with Crippen LogP contribution in [0.25, 0.3) is 0 Å². The van der Waals surface area contributed by atoms with E-state index in [2.05, 4.69) is 6.92 Å². The second-order valence-corrected chi connectivity index (χ2v) is 4.46. The smallest absolute Gasteiger partial charge is 0.131 e. The van der Waals surface area contributed by atoms with E-state index in [-0.39, 0.29) is 0 Å². The normalized spacial score (nSPS) is 10.3. The molecular weight excluding hydrogens is 224 g/mol. The maximum Gasteiger partial charge on any atom is 0.131 e. The van der Waals surface area contributed by atoms with Crippen LogP contribution >= 0.6 is 0 Å². The first kappa shape index (κ1) is 12.5. The van der Waals surface area contributed by atoms with Gasteiger partial charge in [-0.05, 0) is 42.7 Å². The summed E-state index contributed by atoms with van der Waals surface area (Å²) in [7, 11) is 0. The number of benzene rings is 2. The van der Waals surface area contributed by atoms with Crippen LogP contribution in [0.4, 0.5) is 0 Å². The zero-order valence-electron chi connectivity index (χ0n) is 10.8. The van der Waals surface area contributed by atoms with E-state index in [1.165, 1.54) is 0 Å². The Morgan fingerprint density at radius 3 is 2.50 bits per heavy atom. The third kappa shape index (κ3) is 3.04. The maximum absolute atomic E-state index is 9.88. The average molecular weight is 242 g/mol. The van der Waals surface area contributed by atoms with E-state index in [0.717, 1.165) is 29.7 Å². The first-order valence-corrected chi connectivity index (χ1v) is 6.25. The lowest BCUT2D eigenvalue weighted by Crippen LogP contribution is -1.88. The molecule has 0 atom stereocenters. The summed E-state index contributed by atoms with van der Waals surface area (Å²) in [6.07, 6.45) is 1.90. The Kier molecular flexibility index (Phi) is 3.88. The molecule has 94 valence electrons. The van der Waals surface area contributed by atoms with Gasteiger partial charge < -0.3 is 9.84 Å². The summed E-state index contributed by atoms with van der Waals surface area (Å²) in [6.45, 7) is 4.12. The van der Waals surface area contributed by atoms with Crippen LogP contribution in [-0.2, 0) is 6.42 Å². The number of rotatable bonds is 4. The van der Waals surface area contributed by atoms with Crippen molar-refractivity contribution < 1.29 is 9.84 Å². The van der Waals surface area contributed by atoms with Crippen molar-refractivity contribution in [3.8, 4) is 17.2 Å². The van der Waals surface area contributed by atoms with E-state index in [1.54, 1.807) is 6.07 Å². The van der Waals surface area contributed by atoms with Gasteiger partial charge in [-0.3, -0.25) is 0 Å². The number of hydrogen-bond donors (Lipinski definition) is 1. The van der Waals surface area contributed by atoms with E-state index in [1.807, 2.05) is 43.3 Å². The van der Waals surface area contributed by atoms with E-state index in [9.17, 15) is 5.11 Å². The summed E-state index contributed by atoms with van der Waals surface area (Å²) in [6, 6.07) is 13.3. The van der Waals surface area contributed by atoms with Crippen molar-refractivity contribution in [3.63, 3.8) is 0 Å². The van der Waals surface area contributed by atoms with Crippen LogP contribution in [0.15, 0.2) is 42.5 Å². The van der Waals surface area contributed by atoms with Gasteiger partial charge in [0.15, 0.2) is 0 Å². The van der Waals surface area contributed by atoms with Crippen LogP contribution in [0.1, 0.15) is 24.5 Å². The number of ether oxygens (including phenoxy) is 1. The fourth-order valence-electron chi connectivity index (χ4n) is 1.90.